The molecular weight excluding hydrogens is 527 g/mol. The number of hydrogen-bond acceptors (Lipinski definition) is 4. The van der Waals surface area contributed by atoms with E-state index in [2.05, 4.69) is 10.2 Å². The average molecular weight is 554 g/mol. The van der Waals surface area contributed by atoms with Gasteiger partial charge in [-0.3, -0.25) is 5.10 Å². The summed E-state index contributed by atoms with van der Waals surface area (Å²) in [5.41, 5.74) is 7.94. The van der Waals surface area contributed by atoms with E-state index in [1.165, 1.54) is 18.2 Å². The van der Waals surface area contributed by atoms with Gasteiger partial charge in [-0.2, -0.15) is 15.6 Å². The Labute approximate surface area is 235 Å². The molecule has 10 heteroatoms. The predicted octanol–water partition coefficient (Wildman–Crippen LogP) is 7.29. The van der Waals surface area contributed by atoms with Crippen molar-refractivity contribution in [1.82, 2.24) is 19.3 Å². The minimum atomic E-state index is -0.817. The lowest BCUT2D eigenvalue weighted by Gasteiger charge is -2.05. The number of benzene rings is 3. The number of nitriles is 2. The highest BCUT2D eigenvalue weighted by Crippen LogP contribution is 2.25. The summed E-state index contributed by atoms with van der Waals surface area (Å²) >= 11 is 0. The number of nitrogen functional groups attached to an aromatic ring is 1. The van der Waals surface area contributed by atoms with E-state index in [0.29, 0.717) is 11.5 Å². The highest BCUT2D eigenvalue weighted by atomic mass is 19.1. The van der Waals surface area contributed by atoms with Crippen molar-refractivity contribution in [3.05, 3.63) is 132 Å². The molecule has 0 saturated carbocycles. The Balaban J connectivity index is 0.000000167. The van der Waals surface area contributed by atoms with Gasteiger partial charge in [-0.15, -0.1) is 0 Å². The van der Waals surface area contributed by atoms with Crippen molar-refractivity contribution >= 4 is 16.7 Å². The molecule has 3 aromatic heterocycles. The lowest BCUT2D eigenvalue weighted by molar-refractivity contribution is 0.577. The van der Waals surface area contributed by atoms with E-state index in [9.17, 15) is 13.2 Å². The molecule has 0 spiro atoms. The number of fused-ring (bicyclic) bond motifs is 1. The van der Waals surface area contributed by atoms with Crippen molar-refractivity contribution in [2.24, 2.45) is 0 Å². The molecule has 0 atom stereocenters. The van der Waals surface area contributed by atoms with Crippen LogP contribution in [0.2, 0.25) is 0 Å². The van der Waals surface area contributed by atoms with E-state index in [1.807, 2.05) is 79.3 Å². The first-order chi connectivity index (χ1) is 19.9. The number of H-pyrrole nitrogens is 1. The second kappa shape index (κ2) is 14.4. The summed E-state index contributed by atoms with van der Waals surface area (Å²) in [6.07, 6.45) is 7.52. The number of aromatic nitrogens is 4. The highest BCUT2D eigenvalue weighted by molar-refractivity contribution is 5.95. The molecule has 6 rings (SSSR count). The molecule has 0 saturated heterocycles. The lowest BCUT2D eigenvalue weighted by atomic mass is 10.2. The van der Waals surface area contributed by atoms with E-state index < -0.39 is 23.0 Å². The Bertz CT molecular complexity index is 1760. The molecule has 3 aromatic carbocycles. The van der Waals surface area contributed by atoms with Gasteiger partial charge in [0.25, 0.3) is 0 Å². The van der Waals surface area contributed by atoms with Crippen LogP contribution in [0.25, 0.3) is 22.3 Å². The molecule has 6 aromatic rings. The molecule has 41 heavy (non-hydrogen) atoms. The van der Waals surface area contributed by atoms with E-state index >= 15 is 0 Å². The summed E-state index contributed by atoms with van der Waals surface area (Å²) in [7, 11) is 0. The number of halogens is 3. The summed E-state index contributed by atoms with van der Waals surface area (Å²) in [6, 6.07) is 24.7. The third-order valence-electron chi connectivity index (χ3n) is 5.54. The predicted molar refractivity (Wildman–Crippen MR) is 153 cm³/mol. The standard InChI is InChI=1S/C11H7FN2.C11H10N4.C7H3F2N.C2H6/c12-10-4-3-5-11(9(10)8-13)14-6-1-2-7-14;12-11-10-8(13-14-11)4-3-5-9(10)15-6-1-2-7-15;8-6-2-1-3-7(9)5(6)4-10;1-2/h1-7H;1-7H,(H3,12,13,14);1-3H;1-2H3. The van der Waals surface area contributed by atoms with Gasteiger partial charge < -0.3 is 14.9 Å². The van der Waals surface area contributed by atoms with Crippen molar-refractivity contribution < 1.29 is 13.2 Å². The number of aromatic amines is 1. The Morgan fingerprint density at radius 2 is 1.10 bits per heavy atom. The topological polar surface area (TPSA) is 112 Å². The van der Waals surface area contributed by atoms with Crippen LogP contribution in [0.3, 0.4) is 0 Å². The SMILES string of the molecule is CC.N#Cc1c(F)cccc1-n1cccc1.N#Cc1c(F)cccc1F.Nc1n[nH]c2cccc(-n3cccc3)c12. The van der Waals surface area contributed by atoms with Crippen LogP contribution in [-0.4, -0.2) is 19.3 Å². The second-order valence-corrected chi connectivity index (χ2v) is 7.94. The first-order valence-corrected chi connectivity index (χ1v) is 12.5. The van der Waals surface area contributed by atoms with E-state index in [4.69, 9.17) is 16.3 Å². The van der Waals surface area contributed by atoms with Gasteiger partial charge in [0.05, 0.1) is 22.3 Å². The molecular formula is C31H26F3N7. The maximum Gasteiger partial charge on any atom is 0.155 e. The van der Waals surface area contributed by atoms with Crippen molar-refractivity contribution in [3.8, 4) is 23.5 Å². The summed E-state index contributed by atoms with van der Waals surface area (Å²) in [4.78, 5) is 0. The van der Waals surface area contributed by atoms with Crippen molar-refractivity contribution in [1.29, 1.82) is 10.5 Å². The number of rotatable bonds is 2. The van der Waals surface area contributed by atoms with Gasteiger partial charge in [-0.1, -0.05) is 32.0 Å². The molecule has 3 heterocycles. The largest absolute Gasteiger partial charge is 0.382 e. The van der Waals surface area contributed by atoms with Gasteiger partial charge in [0.15, 0.2) is 5.82 Å². The Morgan fingerprint density at radius 3 is 1.61 bits per heavy atom. The lowest BCUT2D eigenvalue weighted by Crippen LogP contribution is -1.96. The first kappa shape index (κ1) is 29.8. The van der Waals surface area contributed by atoms with Crippen LogP contribution in [0.5, 0.6) is 0 Å². The third kappa shape index (κ3) is 7.02. The molecule has 0 bridgehead atoms. The minimum Gasteiger partial charge on any atom is -0.382 e. The zero-order valence-corrected chi connectivity index (χ0v) is 22.3. The molecule has 0 fully saturated rings. The number of nitrogens with zero attached hydrogens (tertiary/aromatic N) is 5. The number of nitrogens with two attached hydrogens (primary N) is 1. The Morgan fingerprint density at radius 1 is 0.659 bits per heavy atom. The molecule has 3 N–H and O–H groups in total. The van der Waals surface area contributed by atoms with Crippen LogP contribution in [0.1, 0.15) is 25.0 Å². The van der Waals surface area contributed by atoms with E-state index in [-0.39, 0.29) is 5.56 Å². The maximum absolute atomic E-state index is 13.2. The van der Waals surface area contributed by atoms with Crippen LogP contribution in [0, 0.1) is 40.1 Å². The van der Waals surface area contributed by atoms with Gasteiger partial charge in [0.2, 0.25) is 0 Å². The van der Waals surface area contributed by atoms with Crippen molar-refractivity contribution in [3.63, 3.8) is 0 Å². The number of anilines is 1. The maximum atomic E-state index is 13.2. The molecule has 7 nitrogen and oxygen atoms in total. The van der Waals surface area contributed by atoms with Gasteiger partial charge in [-0.05, 0) is 60.7 Å². The fourth-order valence-corrected chi connectivity index (χ4v) is 3.73. The highest BCUT2D eigenvalue weighted by Gasteiger charge is 2.09. The Hall–Kier alpha value is -5.74. The van der Waals surface area contributed by atoms with Crippen LogP contribution in [-0.2, 0) is 0 Å². The normalized spacial score (nSPS) is 9.63. The van der Waals surface area contributed by atoms with Gasteiger partial charge in [-0.25, -0.2) is 13.2 Å². The molecule has 0 radical (unpaired) electrons. The minimum absolute atomic E-state index is 0.0729. The van der Waals surface area contributed by atoms with Gasteiger partial charge >= 0.3 is 0 Å². The fourth-order valence-electron chi connectivity index (χ4n) is 3.73. The summed E-state index contributed by atoms with van der Waals surface area (Å²) in [6.45, 7) is 4.00. The number of hydrogen-bond donors (Lipinski definition) is 2. The third-order valence-corrected chi connectivity index (χ3v) is 5.54. The molecule has 0 aliphatic carbocycles. The van der Waals surface area contributed by atoms with Crippen molar-refractivity contribution in [2.45, 2.75) is 13.8 Å². The molecule has 0 aliphatic heterocycles. The monoisotopic (exact) mass is 553 g/mol. The zero-order chi connectivity index (χ0) is 29.8. The summed E-state index contributed by atoms with van der Waals surface area (Å²) in [5, 5.41) is 24.8. The smallest absolute Gasteiger partial charge is 0.155 e. The van der Waals surface area contributed by atoms with Gasteiger partial charge in [0, 0.05) is 24.8 Å². The summed E-state index contributed by atoms with van der Waals surface area (Å²) < 4.78 is 41.7. The van der Waals surface area contributed by atoms with E-state index in [0.717, 1.165) is 28.7 Å². The van der Waals surface area contributed by atoms with Crippen LogP contribution in [0.4, 0.5) is 19.0 Å². The zero-order valence-electron chi connectivity index (χ0n) is 22.3. The molecule has 0 unspecified atom stereocenters. The van der Waals surface area contributed by atoms with Crippen LogP contribution < -0.4 is 5.73 Å². The molecule has 0 aliphatic rings. The van der Waals surface area contributed by atoms with Crippen LogP contribution in [0.15, 0.2) is 104 Å². The Kier molecular flexibility index (Phi) is 10.5. The molecule has 0 amide bonds. The first-order valence-electron chi connectivity index (χ1n) is 12.5. The van der Waals surface area contributed by atoms with Gasteiger partial charge in [0.1, 0.15) is 40.7 Å². The molecule has 206 valence electrons. The average Bonchev–Trinajstić information content (AvgIpc) is 3.78. The quantitative estimate of drug-likeness (QED) is 0.234. The summed E-state index contributed by atoms with van der Waals surface area (Å²) in [5.74, 6) is -1.59. The van der Waals surface area contributed by atoms with Crippen molar-refractivity contribution in [2.75, 3.05) is 5.73 Å². The second-order valence-electron chi connectivity index (χ2n) is 7.94. The fraction of sp³-hybridized carbons (Fsp3) is 0.0645. The number of nitrogens with one attached hydrogen (secondary N) is 1. The van der Waals surface area contributed by atoms with E-state index in [1.54, 1.807) is 29.1 Å². The van der Waals surface area contributed by atoms with Crippen LogP contribution >= 0.6 is 0 Å².